The highest BCUT2D eigenvalue weighted by Gasteiger charge is 2.19. The van der Waals surface area contributed by atoms with Gasteiger partial charge in [0.1, 0.15) is 11.5 Å². The van der Waals surface area contributed by atoms with E-state index in [1.807, 2.05) is 22.0 Å². The predicted octanol–water partition coefficient (Wildman–Crippen LogP) is 5.13. The van der Waals surface area contributed by atoms with E-state index in [1.165, 1.54) is 17.7 Å². The van der Waals surface area contributed by atoms with Gasteiger partial charge in [-0.1, -0.05) is 30.3 Å². The fourth-order valence-corrected chi connectivity index (χ4v) is 5.47. The number of thiazole rings is 1. The second kappa shape index (κ2) is 10.8. The van der Waals surface area contributed by atoms with E-state index in [-0.39, 0.29) is 7.24 Å². The molecule has 0 radical (unpaired) electrons. The zero-order chi connectivity index (χ0) is 25.0. The number of nitrogens with zero attached hydrogens (tertiary/aromatic N) is 6. The van der Waals surface area contributed by atoms with Gasteiger partial charge < -0.3 is 5.32 Å². The van der Waals surface area contributed by atoms with Gasteiger partial charge in [0.25, 0.3) is 0 Å². The summed E-state index contributed by atoms with van der Waals surface area (Å²) in [7, 11) is 0. The number of halogens is 1. The molecule has 0 bridgehead atoms. The number of aromatic nitrogens is 4. The van der Waals surface area contributed by atoms with E-state index in [4.69, 9.17) is 9.97 Å². The van der Waals surface area contributed by atoms with Gasteiger partial charge >= 0.3 is 0 Å². The summed E-state index contributed by atoms with van der Waals surface area (Å²) in [5.41, 5.74) is 4.66. The molecule has 0 atom stereocenters. The second-order valence-corrected chi connectivity index (χ2v) is 10.0. The number of benzene rings is 2. The number of hydrogen-bond acceptors (Lipinski definition) is 7. The first kappa shape index (κ1) is 23.7. The van der Waals surface area contributed by atoms with E-state index in [2.05, 4.69) is 50.4 Å². The number of fused-ring (bicyclic) bond motifs is 1. The summed E-state index contributed by atoms with van der Waals surface area (Å²) in [4.78, 5) is 19.9. The first-order valence-corrected chi connectivity index (χ1v) is 13.4. The first-order chi connectivity index (χ1) is 18.2. The summed E-state index contributed by atoms with van der Waals surface area (Å²) in [5.74, 6) is 0.327. The predicted molar refractivity (Wildman–Crippen MR) is 148 cm³/mol. The van der Waals surface area contributed by atoms with Crippen LogP contribution in [0, 0.1) is 5.82 Å². The van der Waals surface area contributed by atoms with Crippen LogP contribution in [0.15, 0.2) is 78.4 Å². The van der Waals surface area contributed by atoms with Crippen molar-refractivity contribution < 1.29 is 5.82 Å². The fraction of sp³-hybridized carbons (Fsp3) is 0.250. The number of anilines is 1. The molecule has 0 aliphatic carbocycles. The van der Waals surface area contributed by atoms with Gasteiger partial charge in [-0.05, 0) is 35.9 Å². The molecule has 37 heavy (non-hydrogen) atoms. The molecular formula is C28H30FN7S. The van der Waals surface area contributed by atoms with Crippen LogP contribution < -0.4 is 5.32 Å². The average Bonchev–Trinajstić information content (AvgIpc) is 3.53. The number of rotatable bonds is 8. The maximum absolute atomic E-state index is 13.5. The van der Waals surface area contributed by atoms with Gasteiger partial charge in [0.15, 0.2) is 4.96 Å². The van der Waals surface area contributed by atoms with Crippen molar-refractivity contribution in [3.63, 3.8) is 0 Å². The van der Waals surface area contributed by atoms with E-state index in [0.717, 1.165) is 73.4 Å². The largest absolute Gasteiger partial charge is 0.353 e. The van der Waals surface area contributed by atoms with Crippen LogP contribution in [0.2, 0.25) is 0 Å². The summed E-state index contributed by atoms with van der Waals surface area (Å²) in [6.45, 7) is 6.99. The molecule has 1 aliphatic rings. The van der Waals surface area contributed by atoms with E-state index >= 15 is 0 Å². The number of piperazine rings is 1. The van der Waals surface area contributed by atoms with Crippen LogP contribution in [-0.2, 0) is 6.54 Å². The topological polar surface area (TPSA) is 61.6 Å². The highest BCUT2D eigenvalue weighted by molar-refractivity contribution is 7.15. The molecule has 9 heteroatoms. The normalized spacial score (nSPS) is 14.8. The Morgan fingerprint density at radius 2 is 1.70 bits per heavy atom. The molecule has 5 aromatic rings. The molecule has 4 heterocycles. The highest BCUT2D eigenvalue weighted by atomic mass is 32.1. The molecule has 1 saturated heterocycles. The SMILES string of the molecule is Fc1ccc(-c2nc3sccn3c2-c2ccnc(NCCN3CCN(Cc4ccccc4)CC3)n2)cc1.[HH]. The number of imidazole rings is 1. The monoisotopic (exact) mass is 515 g/mol. The molecule has 1 aliphatic heterocycles. The third-order valence-corrected chi connectivity index (χ3v) is 7.46. The third kappa shape index (κ3) is 5.39. The number of hydrogen-bond donors (Lipinski definition) is 1. The van der Waals surface area contributed by atoms with Crippen LogP contribution in [0.4, 0.5) is 10.3 Å². The lowest BCUT2D eigenvalue weighted by molar-refractivity contribution is 0.130. The van der Waals surface area contributed by atoms with Crippen molar-refractivity contribution in [3.05, 3.63) is 89.8 Å². The van der Waals surface area contributed by atoms with Crippen molar-refractivity contribution in [3.8, 4) is 22.6 Å². The Morgan fingerprint density at radius 1 is 0.919 bits per heavy atom. The highest BCUT2D eigenvalue weighted by Crippen LogP contribution is 2.33. The minimum absolute atomic E-state index is 0. The van der Waals surface area contributed by atoms with E-state index in [0.29, 0.717) is 5.95 Å². The smallest absolute Gasteiger partial charge is 0.223 e. The molecule has 1 N–H and O–H groups in total. The molecule has 1 fully saturated rings. The first-order valence-electron chi connectivity index (χ1n) is 12.5. The maximum Gasteiger partial charge on any atom is 0.223 e. The Balaban J connectivity index is 0.00000294. The van der Waals surface area contributed by atoms with E-state index < -0.39 is 0 Å². The van der Waals surface area contributed by atoms with Crippen LogP contribution in [0.3, 0.4) is 0 Å². The Morgan fingerprint density at radius 3 is 2.51 bits per heavy atom. The summed E-state index contributed by atoms with van der Waals surface area (Å²) >= 11 is 1.56. The average molecular weight is 516 g/mol. The minimum Gasteiger partial charge on any atom is -0.353 e. The Hall–Kier alpha value is -3.66. The van der Waals surface area contributed by atoms with Gasteiger partial charge in [0, 0.05) is 70.6 Å². The molecule has 6 rings (SSSR count). The van der Waals surface area contributed by atoms with Gasteiger partial charge in [0.2, 0.25) is 5.95 Å². The van der Waals surface area contributed by atoms with Gasteiger partial charge in [-0.25, -0.2) is 19.3 Å². The van der Waals surface area contributed by atoms with Crippen LogP contribution in [0.1, 0.15) is 6.99 Å². The van der Waals surface area contributed by atoms with Crippen molar-refractivity contribution in [2.45, 2.75) is 6.54 Å². The molecule has 190 valence electrons. The molecular weight excluding hydrogens is 485 g/mol. The Labute approximate surface area is 220 Å². The lowest BCUT2D eigenvalue weighted by atomic mass is 10.1. The molecule has 2 aromatic carbocycles. The van der Waals surface area contributed by atoms with Crippen molar-refractivity contribution in [1.82, 2.24) is 29.2 Å². The summed E-state index contributed by atoms with van der Waals surface area (Å²) in [5, 5.41) is 5.40. The maximum atomic E-state index is 13.5. The second-order valence-electron chi connectivity index (χ2n) is 9.17. The summed E-state index contributed by atoms with van der Waals surface area (Å²) in [6, 6.07) is 19.0. The van der Waals surface area contributed by atoms with Crippen molar-refractivity contribution in [1.29, 1.82) is 0 Å². The summed E-state index contributed by atoms with van der Waals surface area (Å²) < 4.78 is 15.6. The fourth-order valence-electron chi connectivity index (χ4n) is 4.75. The van der Waals surface area contributed by atoms with Crippen LogP contribution >= 0.6 is 11.3 Å². The minimum atomic E-state index is -0.266. The van der Waals surface area contributed by atoms with E-state index in [9.17, 15) is 4.39 Å². The van der Waals surface area contributed by atoms with Crippen molar-refractivity contribution in [2.75, 3.05) is 44.6 Å². The molecule has 7 nitrogen and oxygen atoms in total. The Bertz CT molecular complexity index is 1460. The number of nitrogens with one attached hydrogen (secondary N) is 1. The molecule has 0 saturated carbocycles. The zero-order valence-corrected chi connectivity index (χ0v) is 21.2. The molecule has 0 unspecified atom stereocenters. The van der Waals surface area contributed by atoms with Gasteiger partial charge in [-0.15, -0.1) is 11.3 Å². The molecule has 0 amide bonds. The third-order valence-electron chi connectivity index (χ3n) is 6.70. The molecule has 0 spiro atoms. The lowest BCUT2D eigenvalue weighted by Crippen LogP contribution is -2.47. The zero-order valence-electron chi connectivity index (χ0n) is 20.4. The standard InChI is InChI=1S/C28H28FN7S.H2/c29-23-8-6-22(7-9-23)25-26(36-18-19-37-28(36)33-25)24-10-11-30-27(32-24)31-12-13-34-14-16-35(17-15-34)20-21-4-2-1-3-5-21;/h1-11,18-19H,12-17,20H2,(H,30,31,32);1H. The molecule has 3 aromatic heterocycles. The van der Waals surface area contributed by atoms with Gasteiger partial charge in [-0.2, -0.15) is 0 Å². The van der Waals surface area contributed by atoms with Gasteiger partial charge in [0.05, 0.1) is 11.4 Å². The summed E-state index contributed by atoms with van der Waals surface area (Å²) in [6.07, 6.45) is 3.76. The quantitative estimate of drug-likeness (QED) is 0.309. The van der Waals surface area contributed by atoms with Crippen molar-refractivity contribution >= 4 is 22.2 Å². The van der Waals surface area contributed by atoms with Gasteiger partial charge in [-0.3, -0.25) is 14.2 Å². The van der Waals surface area contributed by atoms with Crippen LogP contribution in [0.25, 0.3) is 27.6 Å². The lowest BCUT2D eigenvalue weighted by Gasteiger charge is -2.34. The Kier molecular flexibility index (Phi) is 6.90. The van der Waals surface area contributed by atoms with Crippen molar-refractivity contribution in [2.24, 2.45) is 0 Å². The van der Waals surface area contributed by atoms with Crippen LogP contribution in [0.5, 0.6) is 0 Å². The van der Waals surface area contributed by atoms with E-state index in [1.54, 1.807) is 29.7 Å². The van der Waals surface area contributed by atoms with Crippen LogP contribution in [-0.4, -0.2) is 68.4 Å².